The Morgan fingerprint density at radius 3 is 2.84 bits per heavy atom. The van der Waals surface area contributed by atoms with Gasteiger partial charge in [-0.2, -0.15) is 4.68 Å². The third kappa shape index (κ3) is 3.94. The molecule has 25 heavy (non-hydrogen) atoms. The van der Waals surface area contributed by atoms with Crippen LogP contribution in [0.15, 0.2) is 18.2 Å². The number of hydrogen-bond donors (Lipinski definition) is 2. The molecule has 134 valence electrons. The van der Waals surface area contributed by atoms with Crippen LogP contribution in [0.3, 0.4) is 0 Å². The van der Waals surface area contributed by atoms with Crippen LogP contribution in [0.5, 0.6) is 0 Å². The molecule has 1 saturated carbocycles. The number of benzene rings is 1. The average molecular weight is 383 g/mol. The van der Waals surface area contributed by atoms with Crippen LogP contribution in [0.4, 0.5) is 5.69 Å². The second kappa shape index (κ2) is 7.68. The highest BCUT2D eigenvalue weighted by molar-refractivity contribution is 6.32. The molecule has 2 aromatic rings. The fraction of sp³-hybridized carbons (Fsp3) is 0.500. The van der Waals surface area contributed by atoms with Crippen LogP contribution >= 0.6 is 24.0 Å². The molecule has 1 aromatic carbocycles. The molecule has 9 heteroatoms. The van der Waals surface area contributed by atoms with Crippen molar-refractivity contribution in [2.45, 2.75) is 44.1 Å². The average Bonchev–Trinajstić information content (AvgIpc) is 3.34. The molecule has 2 N–H and O–H groups in total. The summed E-state index contributed by atoms with van der Waals surface area (Å²) < 4.78 is 1.68. The van der Waals surface area contributed by atoms with Gasteiger partial charge in [0.25, 0.3) is 0 Å². The van der Waals surface area contributed by atoms with Crippen molar-refractivity contribution in [1.82, 2.24) is 25.5 Å². The van der Waals surface area contributed by atoms with E-state index in [-0.39, 0.29) is 24.4 Å². The molecule has 1 amide bonds. The van der Waals surface area contributed by atoms with Crippen molar-refractivity contribution >= 4 is 35.6 Å². The number of rotatable bonds is 4. The molecule has 0 radical (unpaired) electrons. The summed E-state index contributed by atoms with van der Waals surface area (Å²) in [5, 5.41) is 18.7. The van der Waals surface area contributed by atoms with Crippen LogP contribution in [0.25, 0.3) is 5.69 Å². The zero-order valence-electron chi connectivity index (χ0n) is 13.6. The van der Waals surface area contributed by atoms with Crippen molar-refractivity contribution in [3.63, 3.8) is 0 Å². The van der Waals surface area contributed by atoms with E-state index in [1.807, 2.05) is 6.07 Å². The van der Waals surface area contributed by atoms with Gasteiger partial charge in [0, 0.05) is 11.6 Å². The van der Waals surface area contributed by atoms with Gasteiger partial charge in [0.1, 0.15) is 0 Å². The Morgan fingerprint density at radius 1 is 1.28 bits per heavy atom. The highest BCUT2D eigenvalue weighted by atomic mass is 35.5. The molecule has 2 fully saturated rings. The molecule has 2 heterocycles. The van der Waals surface area contributed by atoms with Gasteiger partial charge in [0.05, 0.1) is 16.8 Å². The van der Waals surface area contributed by atoms with E-state index < -0.39 is 0 Å². The number of anilines is 1. The molecular formula is C16H20Cl2N6O. The van der Waals surface area contributed by atoms with E-state index in [9.17, 15) is 4.79 Å². The summed E-state index contributed by atoms with van der Waals surface area (Å²) in [4.78, 5) is 12.4. The third-order valence-corrected chi connectivity index (χ3v) is 4.82. The lowest BCUT2D eigenvalue weighted by atomic mass is 10.0. The summed E-state index contributed by atoms with van der Waals surface area (Å²) >= 11 is 6.33. The van der Waals surface area contributed by atoms with Gasteiger partial charge in [-0.25, -0.2) is 0 Å². The standard InChI is InChI=1S/C16H19ClN6O.ClH/c17-12-7-6-11(19-16(24)13-3-1-2-8-18-13)9-14(12)23-15(10-4-5-10)20-21-22-23;/h6-7,9-10,13,18H,1-5,8H2,(H,19,24);1H. The van der Waals surface area contributed by atoms with Crippen molar-refractivity contribution in [2.75, 3.05) is 11.9 Å². The molecule has 2 aliphatic rings. The highest BCUT2D eigenvalue weighted by Crippen LogP contribution is 2.40. The summed E-state index contributed by atoms with van der Waals surface area (Å²) in [6.07, 6.45) is 5.26. The Balaban J connectivity index is 0.00000182. The molecule has 4 rings (SSSR count). The maximum atomic E-state index is 12.4. The first-order valence-electron chi connectivity index (χ1n) is 8.35. The van der Waals surface area contributed by atoms with Gasteiger partial charge in [-0.1, -0.05) is 18.0 Å². The number of nitrogens with zero attached hydrogens (tertiary/aromatic N) is 4. The lowest BCUT2D eigenvalue weighted by molar-refractivity contribution is -0.118. The van der Waals surface area contributed by atoms with Gasteiger partial charge in [0.2, 0.25) is 5.91 Å². The maximum Gasteiger partial charge on any atom is 0.241 e. The van der Waals surface area contributed by atoms with Gasteiger partial charge >= 0.3 is 0 Å². The van der Waals surface area contributed by atoms with Gasteiger partial charge in [-0.05, 0) is 60.9 Å². The van der Waals surface area contributed by atoms with Crippen LogP contribution in [-0.4, -0.2) is 38.7 Å². The molecular weight excluding hydrogens is 363 g/mol. The van der Waals surface area contributed by atoms with Crippen molar-refractivity contribution in [1.29, 1.82) is 0 Å². The molecule has 1 aromatic heterocycles. The first-order chi connectivity index (χ1) is 11.7. The largest absolute Gasteiger partial charge is 0.325 e. The minimum absolute atomic E-state index is 0. The summed E-state index contributed by atoms with van der Waals surface area (Å²) in [5.41, 5.74) is 1.39. The number of tetrazole rings is 1. The lowest BCUT2D eigenvalue weighted by Gasteiger charge is -2.22. The van der Waals surface area contributed by atoms with Crippen molar-refractivity contribution < 1.29 is 4.79 Å². The molecule has 1 aliphatic carbocycles. The zero-order chi connectivity index (χ0) is 16.5. The Kier molecular flexibility index (Phi) is 5.56. The Hall–Kier alpha value is -1.70. The minimum atomic E-state index is -0.132. The van der Waals surface area contributed by atoms with Crippen molar-refractivity contribution in [2.24, 2.45) is 0 Å². The minimum Gasteiger partial charge on any atom is -0.325 e. The monoisotopic (exact) mass is 382 g/mol. The van der Waals surface area contributed by atoms with E-state index in [4.69, 9.17) is 11.6 Å². The van der Waals surface area contributed by atoms with Crippen LogP contribution in [0, 0.1) is 0 Å². The van der Waals surface area contributed by atoms with Crippen LogP contribution in [-0.2, 0) is 4.79 Å². The maximum absolute atomic E-state index is 12.4. The fourth-order valence-electron chi connectivity index (χ4n) is 3.02. The van der Waals surface area contributed by atoms with E-state index in [1.54, 1.807) is 16.8 Å². The summed E-state index contributed by atoms with van der Waals surface area (Å²) in [7, 11) is 0. The van der Waals surface area contributed by atoms with Crippen LogP contribution < -0.4 is 10.6 Å². The predicted octanol–water partition coefficient (Wildman–Crippen LogP) is 2.70. The van der Waals surface area contributed by atoms with Crippen molar-refractivity contribution in [3.8, 4) is 5.69 Å². The van der Waals surface area contributed by atoms with Gasteiger partial charge in [-0.3, -0.25) is 4.79 Å². The molecule has 0 spiro atoms. The Bertz CT molecular complexity index is 755. The molecule has 1 atom stereocenters. The zero-order valence-corrected chi connectivity index (χ0v) is 15.2. The SMILES string of the molecule is Cl.O=C(Nc1ccc(Cl)c(-n2nnnc2C2CC2)c1)C1CCCCN1. The van der Waals surface area contributed by atoms with E-state index in [2.05, 4.69) is 26.2 Å². The molecule has 7 nitrogen and oxygen atoms in total. The summed E-state index contributed by atoms with van der Waals surface area (Å²) in [6, 6.07) is 5.26. The number of halogens is 2. The smallest absolute Gasteiger partial charge is 0.241 e. The van der Waals surface area contributed by atoms with E-state index in [1.165, 1.54) is 0 Å². The van der Waals surface area contributed by atoms with E-state index in [0.29, 0.717) is 22.3 Å². The Labute approximate surface area is 156 Å². The number of nitrogens with one attached hydrogen (secondary N) is 2. The lowest BCUT2D eigenvalue weighted by Crippen LogP contribution is -2.43. The van der Waals surface area contributed by atoms with Crippen LogP contribution in [0.1, 0.15) is 43.8 Å². The van der Waals surface area contributed by atoms with Gasteiger partial charge < -0.3 is 10.6 Å². The normalized spacial score (nSPS) is 20.0. The fourth-order valence-corrected chi connectivity index (χ4v) is 3.22. The van der Waals surface area contributed by atoms with E-state index >= 15 is 0 Å². The van der Waals surface area contributed by atoms with Crippen molar-refractivity contribution in [3.05, 3.63) is 29.0 Å². The quantitative estimate of drug-likeness (QED) is 0.848. The first kappa shape index (κ1) is 18.1. The van der Waals surface area contributed by atoms with E-state index in [0.717, 1.165) is 44.5 Å². The topological polar surface area (TPSA) is 84.7 Å². The predicted molar refractivity (Wildman–Crippen MR) is 97.7 cm³/mol. The molecule has 1 aliphatic heterocycles. The molecule has 0 bridgehead atoms. The van der Waals surface area contributed by atoms with Gasteiger partial charge in [-0.15, -0.1) is 17.5 Å². The molecule has 1 saturated heterocycles. The number of amides is 1. The second-order valence-electron chi connectivity index (χ2n) is 6.38. The Morgan fingerprint density at radius 2 is 2.12 bits per heavy atom. The van der Waals surface area contributed by atoms with Crippen LogP contribution in [0.2, 0.25) is 5.02 Å². The summed E-state index contributed by atoms with van der Waals surface area (Å²) in [5.74, 6) is 1.22. The number of carbonyl (C=O) groups excluding carboxylic acids is 1. The van der Waals surface area contributed by atoms with Gasteiger partial charge in [0.15, 0.2) is 5.82 Å². The second-order valence-corrected chi connectivity index (χ2v) is 6.79. The number of hydrogen-bond acceptors (Lipinski definition) is 5. The number of aromatic nitrogens is 4. The first-order valence-corrected chi connectivity index (χ1v) is 8.72. The highest BCUT2D eigenvalue weighted by Gasteiger charge is 2.30. The number of carbonyl (C=O) groups is 1. The third-order valence-electron chi connectivity index (χ3n) is 4.50. The summed E-state index contributed by atoms with van der Waals surface area (Å²) in [6.45, 7) is 0.888. The molecule has 1 unspecified atom stereocenters. The number of piperidine rings is 1.